The van der Waals surface area contributed by atoms with Gasteiger partial charge < -0.3 is 25.4 Å². The van der Waals surface area contributed by atoms with Gasteiger partial charge in [0.1, 0.15) is 18.1 Å². The molecule has 0 unspecified atom stereocenters. The van der Waals surface area contributed by atoms with Crippen molar-refractivity contribution in [2.45, 2.75) is 0 Å². The summed E-state index contributed by atoms with van der Waals surface area (Å²) in [5.41, 5.74) is 0.626. The zero-order valence-corrected chi connectivity index (χ0v) is 20.3. The molecule has 9 heteroatoms. The average molecular weight is 577 g/mol. The lowest BCUT2D eigenvalue weighted by atomic mass is 10.2. The van der Waals surface area contributed by atoms with Crippen molar-refractivity contribution in [2.24, 2.45) is 4.99 Å². The van der Waals surface area contributed by atoms with E-state index in [1.165, 1.54) is 0 Å². The fraction of sp³-hybridized carbons (Fsp3) is 0.300. The molecule has 0 fully saturated rings. The molecule has 0 atom stereocenters. The standard InChI is InChI=1S/C20H25BrN4O3.HI/c1-22-20(25-13-14-28-18-9-7-17(27-2)8-10-18)24-12-11-23-19(26)15-3-5-16(21)6-4-15;/h3-10H,11-14H2,1-2H3,(H,23,26)(H2,22,24,25);1H. The topological polar surface area (TPSA) is 84.0 Å². The van der Waals surface area contributed by atoms with Gasteiger partial charge in [0.2, 0.25) is 0 Å². The molecule has 3 N–H and O–H groups in total. The Labute approximate surface area is 196 Å². The maximum absolute atomic E-state index is 12.0. The smallest absolute Gasteiger partial charge is 0.251 e. The Balaban J connectivity index is 0.00000420. The van der Waals surface area contributed by atoms with Gasteiger partial charge in [0.05, 0.1) is 13.7 Å². The Bertz CT molecular complexity index is 770. The van der Waals surface area contributed by atoms with E-state index in [0.717, 1.165) is 16.0 Å². The number of hydrogen-bond donors (Lipinski definition) is 3. The van der Waals surface area contributed by atoms with Crippen LogP contribution >= 0.6 is 39.9 Å². The number of benzene rings is 2. The first-order chi connectivity index (χ1) is 13.6. The Hall–Kier alpha value is -2.01. The summed E-state index contributed by atoms with van der Waals surface area (Å²) >= 11 is 3.35. The fourth-order valence-electron chi connectivity index (χ4n) is 2.29. The predicted octanol–water partition coefficient (Wildman–Crippen LogP) is 3.05. The molecule has 7 nitrogen and oxygen atoms in total. The van der Waals surface area contributed by atoms with Crippen molar-refractivity contribution in [3.8, 4) is 11.5 Å². The van der Waals surface area contributed by atoms with Crippen molar-refractivity contribution in [2.75, 3.05) is 40.4 Å². The highest BCUT2D eigenvalue weighted by atomic mass is 127. The van der Waals surface area contributed by atoms with Crippen molar-refractivity contribution < 1.29 is 14.3 Å². The first kappa shape index (κ1) is 25.0. The number of amides is 1. The number of guanidine groups is 1. The van der Waals surface area contributed by atoms with Gasteiger partial charge >= 0.3 is 0 Å². The van der Waals surface area contributed by atoms with Gasteiger partial charge in [-0.3, -0.25) is 9.79 Å². The molecule has 29 heavy (non-hydrogen) atoms. The minimum Gasteiger partial charge on any atom is -0.497 e. The Morgan fingerprint density at radius 2 is 1.52 bits per heavy atom. The van der Waals surface area contributed by atoms with Crippen LogP contribution in [-0.4, -0.2) is 52.3 Å². The van der Waals surface area contributed by atoms with Crippen molar-refractivity contribution in [3.63, 3.8) is 0 Å². The van der Waals surface area contributed by atoms with Crippen LogP contribution in [0.5, 0.6) is 11.5 Å². The number of halogens is 2. The molecule has 0 bridgehead atoms. The van der Waals surface area contributed by atoms with Gasteiger partial charge in [-0.05, 0) is 48.5 Å². The summed E-state index contributed by atoms with van der Waals surface area (Å²) in [6.45, 7) is 2.13. The molecule has 0 aliphatic carbocycles. The van der Waals surface area contributed by atoms with E-state index in [2.05, 4.69) is 36.9 Å². The number of carbonyl (C=O) groups excluding carboxylic acids is 1. The lowest BCUT2D eigenvalue weighted by molar-refractivity contribution is 0.0954. The fourth-order valence-corrected chi connectivity index (χ4v) is 2.56. The lowest BCUT2D eigenvalue weighted by Crippen LogP contribution is -2.42. The molecule has 2 aromatic rings. The second-order valence-electron chi connectivity index (χ2n) is 5.71. The minimum atomic E-state index is -0.106. The van der Waals surface area contributed by atoms with Crippen molar-refractivity contribution in [3.05, 3.63) is 58.6 Å². The monoisotopic (exact) mass is 576 g/mol. The molecule has 1 amide bonds. The number of ether oxygens (including phenoxy) is 2. The van der Waals surface area contributed by atoms with Crippen LogP contribution in [0.1, 0.15) is 10.4 Å². The second kappa shape index (κ2) is 14.0. The molecule has 0 saturated heterocycles. The van der Waals surface area contributed by atoms with E-state index in [1.54, 1.807) is 26.3 Å². The summed E-state index contributed by atoms with van der Waals surface area (Å²) in [6, 6.07) is 14.7. The largest absolute Gasteiger partial charge is 0.497 e. The summed E-state index contributed by atoms with van der Waals surface area (Å²) in [5, 5.41) is 9.16. The number of hydrogen-bond acceptors (Lipinski definition) is 4. The third kappa shape index (κ3) is 9.35. The van der Waals surface area contributed by atoms with Crippen LogP contribution in [0.2, 0.25) is 0 Å². The van der Waals surface area contributed by atoms with Gasteiger partial charge in [0, 0.05) is 30.2 Å². The third-order valence-corrected chi connectivity index (χ3v) is 4.28. The van der Waals surface area contributed by atoms with Crippen LogP contribution in [-0.2, 0) is 0 Å². The molecular weight excluding hydrogens is 551 g/mol. The first-order valence-electron chi connectivity index (χ1n) is 8.87. The molecule has 0 radical (unpaired) electrons. The maximum atomic E-state index is 12.0. The number of aliphatic imine (C=N–C) groups is 1. The zero-order chi connectivity index (χ0) is 20.2. The third-order valence-electron chi connectivity index (χ3n) is 3.76. The summed E-state index contributed by atoms with van der Waals surface area (Å²) in [4.78, 5) is 16.2. The van der Waals surface area contributed by atoms with Crippen molar-refractivity contribution in [1.82, 2.24) is 16.0 Å². The van der Waals surface area contributed by atoms with Gasteiger partial charge in [0.25, 0.3) is 5.91 Å². The minimum absolute atomic E-state index is 0. The zero-order valence-electron chi connectivity index (χ0n) is 16.4. The highest BCUT2D eigenvalue weighted by Gasteiger charge is 2.04. The SMILES string of the molecule is CN=C(NCCNC(=O)c1ccc(Br)cc1)NCCOc1ccc(OC)cc1.I. The van der Waals surface area contributed by atoms with Crippen LogP contribution < -0.4 is 25.4 Å². The van der Waals surface area contributed by atoms with Crippen LogP contribution in [0.25, 0.3) is 0 Å². The maximum Gasteiger partial charge on any atom is 0.251 e. The Morgan fingerprint density at radius 1 is 0.931 bits per heavy atom. The van der Waals surface area contributed by atoms with E-state index in [-0.39, 0.29) is 29.9 Å². The number of carbonyl (C=O) groups is 1. The highest BCUT2D eigenvalue weighted by Crippen LogP contribution is 2.16. The summed E-state index contributed by atoms with van der Waals surface area (Å²) in [7, 11) is 3.32. The predicted molar refractivity (Wildman–Crippen MR) is 130 cm³/mol. The molecule has 0 aromatic heterocycles. The summed E-state index contributed by atoms with van der Waals surface area (Å²) < 4.78 is 11.7. The van der Waals surface area contributed by atoms with Gasteiger partial charge in [-0.2, -0.15) is 0 Å². The molecule has 0 saturated carbocycles. The summed E-state index contributed by atoms with van der Waals surface area (Å²) in [6.07, 6.45) is 0. The number of nitrogens with one attached hydrogen (secondary N) is 3. The first-order valence-corrected chi connectivity index (χ1v) is 9.67. The van der Waals surface area contributed by atoms with Crippen molar-refractivity contribution in [1.29, 1.82) is 0 Å². The second-order valence-corrected chi connectivity index (χ2v) is 6.63. The quantitative estimate of drug-likeness (QED) is 0.185. The lowest BCUT2D eigenvalue weighted by Gasteiger charge is -2.13. The van der Waals surface area contributed by atoms with E-state index in [1.807, 2.05) is 36.4 Å². The molecule has 0 heterocycles. The van der Waals surface area contributed by atoms with Crippen molar-refractivity contribution >= 4 is 51.8 Å². The van der Waals surface area contributed by atoms with Crippen LogP contribution in [0.3, 0.4) is 0 Å². The van der Waals surface area contributed by atoms with Gasteiger partial charge in [-0.25, -0.2) is 0 Å². The molecule has 158 valence electrons. The number of nitrogens with zero attached hydrogens (tertiary/aromatic N) is 1. The molecule has 0 spiro atoms. The molecule has 0 aliphatic rings. The molecule has 0 aliphatic heterocycles. The number of methoxy groups -OCH3 is 1. The average Bonchev–Trinajstić information content (AvgIpc) is 2.73. The normalized spacial score (nSPS) is 10.5. The molecule has 2 rings (SSSR count). The summed E-state index contributed by atoms with van der Waals surface area (Å²) in [5.74, 6) is 2.12. The van der Waals surface area contributed by atoms with E-state index in [4.69, 9.17) is 9.47 Å². The number of rotatable bonds is 9. The van der Waals surface area contributed by atoms with Gasteiger partial charge in [-0.1, -0.05) is 15.9 Å². The van der Waals surface area contributed by atoms with Crippen LogP contribution in [0.4, 0.5) is 0 Å². The molecule has 2 aromatic carbocycles. The molecular formula is C20H26BrIN4O3. The van der Waals surface area contributed by atoms with Crippen LogP contribution in [0.15, 0.2) is 58.0 Å². The highest BCUT2D eigenvalue weighted by molar-refractivity contribution is 14.0. The Kier molecular flexibility index (Phi) is 12.1. The van der Waals surface area contributed by atoms with Gasteiger partial charge in [0.15, 0.2) is 5.96 Å². The van der Waals surface area contributed by atoms with Gasteiger partial charge in [-0.15, -0.1) is 24.0 Å². The van der Waals surface area contributed by atoms with Crippen LogP contribution in [0, 0.1) is 0 Å². The van der Waals surface area contributed by atoms with E-state index < -0.39 is 0 Å². The van der Waals surface area contributed by atoms with E-state index >= 15 is 0 Å². The van der Waals surface area contributed by atoms with E-state index in [0.29, 0.717) is 37.8 Å². The Morgan fingerprint density at radius 3 is 2.14 bits per heavy atom. The van der Waals surface area contributed by atoms with E-state index in [9.17, 15) is 4.79 Å².